The monoisotopic (exact) mass is 396 g/mol. The molecule has 0 spiro atoms. The molecule has 150 valence electrons. The Balaban J connectivity index is 1.61. The second kappa shape index (κ2) is 7.41. The molecule has 30 heavy (non-hydrogen) atoms. The van der Waals surface area contributed by atoms with Gasteiger partial charge >= 0.3 is 0 Å². The van der Waals surface area contributed by atoms with Crippen LogP contribution in [-0.2, 0) is 6.54 Å². The van der Waals surface area contributed by atoms with Gasteiger partial charge in [-0.3, -0.25) is 4.79 Å². The van der Waals surface area contributed by atoms with Gasteiger partial charge in [0, 0.05) is 11.3 Å². The summed E-state index contributed by atoms with van der Waals surface area (Å²) in [4.78, 5) is 13.4. The second-order valence-electron chi connectivity index (χ2n) is 8.05. The number of hydrogen-bond donors (Lipinski definition) is 0. The summed E-state index contributed by atoms with van der Waals surface area (Å²) in [5, 5.41) is 10.2. The van der Waals surface area contributed by atoms with E-state index in [1.165, 1.54) is 11.1 Å². The van der Waals surface area contributed by atoms with Gasteiger partial charge in [0.1, 0.15) is 5.52 Å². The first-order valence-electron chi connectivity index (χ1n) is 10.4. The van der Waals surface area contributed by atoms with E-state index in [-0.39, 0.29) is 5.56 Å². The highest BCUT2D eigenvalue weighted by Gasteiger charge is 2.30. The third kappa shape index (κ3) is 3.36. The molecule has 0 saturated heterocycles. The van der Waals surface area contributed by atoms with Crippen LogP contribution in [0.3, 0.4) is 0 Å². The third-order valence-corrected chi connectivity index (χ3v) is 5.80. The zero-order valence-electron chi connectivity index (χ0n) is 17.2. The highest BCUT2D eigenvalue weighted by molar-refractivity contribution is 5.82. The maximum Gasteiger partial charge on any atom is 0.293 e. The molecule has 0 amide bonds. The van der Waals surface area contributed by atoms with Crippen LogP contribution in [0.4, 0.5) is 0 Å². The summed E-state index contributed by atoms with van der Waals surface area (Å²) in [6, 6.07) is 16.3. The van der Waals surface area contributed by atoms with Crippen molar-refractivity contribution < 1.29 is 0 Å². The normalized spacial score (nSPS) is 14.1. The van der Waals surface area contributed by atoms with Crippen molar-refractivity contribution in [1.29, 1.82) is 0 Å². The van der Waals surface area contributed by atoms with Crippen molar-refractivity contribution in [2.75, 3.05) is 0 Å². The molecule has 0 N–H and O–H groups in total. The Hall–Kier alpha value is -3.47. The van der Waals surface area contributed by atoms with Gasteiger partial charge in [0.05, 0.1) is 24.1 Å². The number of benzene rings is 2. The van der Waals surface area contributed by atoms with Crippen molar-refractivity contribution in [1.82, 2.24) is 19.6 Å². The van der Waals surface area contributed by atoms with Gasteiger partial charge < -0.3 is 0 Å². The average Bonchev–Trinajstić information content (AvgIpc) is 3.50. The molecule has 5 rings (SSSR count). The molecule has 1 aliphatic carbocycles. The molecule has 0 atom stereocenters. The van der Waals surface area contributed by atoms with Gasteiger partial charge in [-0.1, -0.05) is 48.6 Å². The second-order valence-corrected chi connectivity index (χ2v) is 8.05. The molecule has 0 bridgehead atoms. The number of aryl methyl sites for hydroxylation is 2. The van der Waals surface area contributed by atoms with Crippen molar-refractivity contribution in [3.63, 3.8) is 0 Å². The molecule has 0 unspecified atom stereocenters. The van der Waals surface area contributed by atoms with Gasteiger partial charge in [-0.25, -0.2) is 9.36 Å². The Morgan fingerprint density at radius 3 is 2.60 bits per heavy atom. The lowest BCUT2D eigenvalue weighted by Crippen LogP contribution is -2.25. The van der Waals surface area contributed by atoms with Crippen LogP contribution in [0, 0.1) is 13.8 Å². The lowest BCUT2D eigenvalue weighted by atomic mass is 10.1. The number of aromatic nitrogens is 4. The molecule has 4 aromatic rings. The molecule has 0 radical (unpaired) electrons. The summed E-state index contributed by atoms with van der Waals surface area (Å²) in [6.45, 7) is 4.59. The molecule has 1 aliphatic rings. The first-order valence-corrected chi connectivity index (χ1v) is 10.4. The van der Waals surface area contributed by atoms with E-state index in [9.17, 15) is 4.79 Å². The van der Waals surface area contributed by atoms with E-state index in [0.29, 0.717) is 18.0 Å². The molecule has 2 heterocycles. The summed E-state index contributed by atoms with van der Waals surface area (Å²) < 4.78 is 3.35. The van der Waals surface area contributed by atoms with Crippen LogP contribution in [0.5, 0.6) is 0 Å². The largest absolute Gasteiger partial charge is 0.293 e. The van der Waals surface area contributed by atoms with E-state index < -0.39 is 0 Å². The molecule has 1 saturated carbocycles. The van der Waals surface area contributed by atoms with Crippen LogP contribution in [-0.4, -0.2) is 19.6 Å². The van der Waals surface area contributed by atoms with E-state index in [1.54, 1.807) is 15.6 Å². The van der Waals surface area contributed by atoms with Crippen molar-refractivity contribution in [2.24, 2.45) is 0 Å². The van der Waals surface area contributed by atoms with Gasteiger partial charge in [0.25, 0.3) is 5.56 Å². The van der Waals surface area contributed by atoms with E-state index in [2.05, 4.69) is 31.1 Å². The minimum atomic E-state index is -0.108. The number of allylic oxidation sites excluding steroid dienone is 1. The van der Waals surface area contributed by atoms with Gasteiger partial charge in [0.15, 0.2) is 0 Å². The minimum Gasteiger partial charge on any atom is -0.265 e. The molecule has 2 aromatic heterocycles. The van der Waals surface area contributed by atoms with Gasteiger partial charge in [-0.2, -0.15) is 10.2 Å². The summed E-state index contributed by atoms with van der Waals surface area (Å²) >= 11 is 0. The summed E-state index contributed by atoms with van der Waals surface area (Å²) in [5.74, 6) is 0.426. The van der Waals surface area contributed by atoms with Crippen molar-refractivity contribution in [3.05, 3.63) is 93.5 Å². The average molecular weight is 396 g/mol. The fourth-order valence-electron chi connectivity index (χ4n) is 3.78. The van der Waals surface area contributed by atoms with Crippen LogP contribution in [0.25, 0.3) is 22.7 Å². The predicted octanol–water partition coefficient (Wildman–Crippen LogP) is 4.79. The Bertz CT molecular complexity index is 1310. The van der Waals surface area contributed by atoms with Crippen LogP contribution in [0.15, 0.2) is 65.6 Å². The van der Waals surface area contributed by atoms with Crippen LogP contribution in [0.1, 0.15) is 41.1 Å². The topological polar surface area (TPSA) is 52.7 Å². The highest BCUT2D eigenvalue weighted by Crippen LogP contribution is 2.41. The predicted molar refractivity (Wildman–Crippen MR) is 120 cm³/mol. The zero-order chi connectivity index (χ0) is 20.7. The summed E-state index contributed by atoms with van der Waals surface area (Å²) in [5.41, 5.74) is 5.91. The van der Waals surface area contributed by atoms with E-state index in [1.807, 2.05) is 48.6 Å². The number of hydrogen-bond acceptors (Lipinski definition) is 3. The summed E-state index contributed by atoms with van der Waals surface area (Å²) in [6.07, 6.45) is 8.05. The number of nitrogens with zero attached hydrogens (tertiary/aromatic N) is 4. The Kier molecular flexibility index (Phi) is 4.58. The van der Waals surface area contributed by atoms with Crippen molar-refractivity contribution >= 4 is 17.0 Å². The molecule has 1 fully saturated rings. The van der Waals surface area contributed by atoms with Gasteiger partial charge in [-0.05, 0) is 55.5 Å². The number of fused-ring (bicyclic) bond motifs is 1. The fraction of sp³-hybridized carbons (Fsp3) is 0.240. The molecule has 2 aromatic carbocycles. The Labute approximate surface area is 175 Å². The van der Waals surface area contributed by atoms with E-state index in [0.717, 1.165) is 35.2 Å². The summed E-state index contributed by atoms with van der Waals surface area (Å²) in [7, 11) is 0. The Morgan fingerprint density at radius 1 is 1.07 bits per heavy atom. The highest BCUT2D eigenvalue weighted by atomic mass is 16.1. The standard InChI is InChI=1S/C25H24N4O/c1-17-10-13-21(15-18(17)2)29-24-22(16-26-29)23(20-11-12-20)27-28(25(24)30)14-6-9-19-7-4-3-5-8-19/h3-10,13,15-16,20H,11-12,14H2,1-2H3/b9-6+. The van der Waals surface area contributed by atoms with Crippen molar-refractivity contribution in [2.45, 2.75) is 39.2 Å². The Morgan fingerprint density at radius 2 is 1.87 bits per heavy atom. The first-order chi connectivity index (χ1) is 14.6. The maximum absolute atomic E-state index is 13.4. The van der Waals surface area contributed by atoms with Gasteiger partial charge in [0.2, 0.25) is 0 Å². The van der Waals surface area contributed by atoms with Crippen LogP contribution < -0.4 is 5.56 Å². The van der Waals surface area contributed by atoms with Gasteiger partial charge in [-0.15, -0.1) is 0 Å². The third-order valence-electron chi connectivity index (χ3n) is 5.80. The minimum absolute atomic E-state index is 0.108. The quantitative estimate of drug-likeness (QED) is 0.487. The zero-order valence-corrected chi connectivity index (χ0v) is 17.2. The van der Waals surface area contributed by atoms with Crippen LogP contribution >= 0.6 is 0 Å². The smallest absolute Gasteiger partial charge is 0.265 e. The molecular formula is C25H24N4O. The SMILES string of the molecule is Cc1ccc(-n2ncc3c(C4CC4)nn(C/C=C/c4ccccc4)c(=O)c32)cc1C. The molecule has 0 aliphatic heterocycles. The molecule has 5 nitrogen and oxygen atoms in total. The molecular weight excluding hydrogens is 372 g/mol. The van der Waals surface area contributed by atoms with Crippen LogP contribution in [0.2, 0.25) is 0 Å². The fourth-order valence-corrected chi connectivity index (χ4v) is 3.78. The van der Waals surface area contributed by atoms with Crippen molar-refractivity contribution in [3.8, 4) is 5.69 Å². The molecule has 5 heteroatoms. The number of rotatable bonds is 5. The maximum atomic E-state index is 13.4. The lowest BCUT2D eigenvalue weighted by Gasteiger charge is -2.10. The van der Waals surface area contributed by atoms with E-state index in [4.69, 9.17) is 5.10 Å². The lowest BCUT2D eigenvalue weighted by molar-refractivity contribution is 0.638. The first kappa shape index (κ1) is 18.6. The van der Waals surface area contributed by atoms with E-state index >= 15 is 0 Å².